The molecule has 158 valence electrons. The van der Waals surface area contributed by atoms with E-state index in [1.165, 1.54) is 4.57 Å². The van der Waals surface area contributed by atoms with Gasteiger partial charge in [-0.3, -0.25) is 14.3 Å². The summed E-state index contributed by atoms with van der Waals surface area (Å²) in [6.45, 7) is 6.54. The molecule has 0 saturated carbocycles. The molecule has 1 fully saturated rings. The van der Waals surface area contributed by atoms with Crippen LogP contribution >= 0.6 is 0 Å². The first kappa shape index (κ1) is 19.4. The fourth-order valence-electron chi connectivity index (χ4n) is 4.94. The third-order valence-corrected chi connectivity index (χ3v) is 6.17. The van der Waals surface area contributed by atoms with E-state index < -0.39 is 0 Å². The highest BCUT2D eigenvalue weighted by Crippen LogP contribution is 2.49. The molecule has 2 bridgehead atoms. The Balaban J connectivity index is 1.64. The van der Waals surface area contributed by atoms with Crippen LogP contribution in [0.3, 0.4) is 0 Å². The maximum absolute atomic E-state index is 13.4. The van der Waals surface area contributed by atoms with Gasteiger partial charge in [-0.25, -0.2) is 9.36 Å². The van der Waals surface area contributed by atoms with E-state index >= 15 is 0 Å². The summed E-state index contributed by atoms with van der Waals surface area (Å²) in [5, 5.41) is 21.1. The van der Waals surface area contributed by atoms with Crippen molar-refractivity contribution in [2.75, 3.05) is 6.54 Å². The number of carbonyl (C=O) groups excluding carboxylic acids is 1. The maximum Gasteiger partial charge on any atom is 0.336 e. The van der Waals surface area contributed by atoms with Crippen molar-refractivity contribution in [2.24, 2.45) is 5.41 Å². The Kier molecular flexibility index (Phi) is 4.03. The van der Waals surface area contributed by atoms with Gasteiger partial charge in [0.05, 0.1) is 28.9 Å². The van der Waals surface area contributed by atoms with Crippen LogP contribution in [-0.2, 0) is 4.79 Å². The van der Waals surface area contributed by atoms with Crippen molar-refractivity contribution in [3.8, 4) is 17.6 Å². The van der Waals surface area contributed by atoms with Crippen LogP contribution in [0.4, 0.5) is 0 Å². The van der Waals surface area contributed by atoms with Crippen molar-refractivity contribution in [3.05, 3.63) is 52.2 Å². The zero-order valence-electron chi connectivity index (χ0n) is 17.7. The number of rotatable bonds is 2. The zero-order valence-corrected chi connectivity index (χ0v) is 17.7. The molecular weight excluding hydrogens is 394 g/mol. The fraction of sp³-hybridized carbons (Fsp3) is 0.391. The second-order valence-electron chi connectivity index (χ2n) is 9.53. The number of aromatic hydroxyl groups is 1. The lowest BCUT2D eigenvalue weighted by Crippen LogP contribution is -2.39. The number of hydrogen-bond acceptors (Lipinski definition) is 5. The fourth-order valence-corrected chi connectivity index (χ4v) is 4.94. The SMILES string of the molecule is CC(C)(C)CC(=O)N1C[C@H]2CC1c1c(O)n(-c3ccc(C#N)c4ncccc34)c(=O)n12. The van der Waals surface area contributed by atoms with Crippen LogP contribution < -0.4 is 5.69 Å². The summed E-state index contributed by atoms with van der Waals surface area (Å²) in [5.41, 5.74) is 1.37. The number of likely N-dealkylation sites (tertiary alicyclic amines) is 1. The molecule has 8 heteroatoms. The van der Waals surface area contributed by atoms with Crippen LogP contribution in [0.15, 0.2) is 35.3 Å². The van der Waals surface area contributed by atoms with Gasteiger partial charge >= 0.3 is 5.69 Å². The van der Waals surface area contributed by atoms with E-state index in [1.807, 2.05) is 20.8 Å². The number of imidazole rings is 1. The van der Waals surface area contributed by atoms with Crippen LogP contribution in [0, 0.1) is 16.7 Å². The van der Waals surface area contributed by atoms with E-state index in [1.54, 1.807) is 39.9 Å². The Hall–Kier alpha value is -3.60. The lowest BCUT2D eigenvalue weighted by atomic mass is 9.91. The molecule has 0 aliphatic carbocycles. The Morgan fingerprint density at radius 3 is 2.81 bits per heavy atom. The lowest BCUT2D eigenvalue weighted by Gasteiger charge is -2.30. The summed E-state index contributed by atoms with van der Waals surface area (Å²) >= 11 is 0. The standard InChI is InChI=1S/C23H23N5O3/c1-23(2,3)10-18(29)26-12-14-9-17(26)20-21(30)28(22(31)27(14)20)16-7-6-13(11-24)19-15(16)5-4-8-25-19/h4-8,14,17,30H,9-10,12H2,1-3H3/t14-,17?/m1/s1. The second kappa shape index (κ2) is 6.45. The van der Waals surface area contributed by atoms with Crippen molar-refractivity contribution in [1.29, 1.82) is 5.26 Å². The zero-order chi connectivity index (χ0) is 22.1. The Labute approximate surface area is 179 Å². The number of carbonyl (C=O) groups is 1. The molecule has 4 heterocycles. The van der Waals surface area contributed by atoms with E-state index in [2.05, 4.69) is 11.1 Å². The average Bonchev–Trinajstić information content (AvgIpc) is 3.38. The highest BCUT2D eigenvalue weighted by molar-refractivity contribution is 5.91. The predicted molar refractivity (Wildman–Crippen MR) is 114 cm³/mol. The molecule has 8 nitrogen and oxygen atoms in total. The minimum absolute atomic E-state index is 0.0406. The molecule has 1 N–H and O–H groups in total. The van der Waals surface area contributed by atoms with Gasteiger partial charge in [0.1, 0.15) is 11.8 Å². The van der Waals surface area contributed by atoms with Crippen molar-refractivity contribution in [2.45, 2.75) is 45.7 Å². The largest absolute Gasteiger partial charge is 0.493 e. The Morgan fingerprint density at radius 2 is 2.10 bits per heavy atom. The number of hydrogen-bond donors (Lipinski definition) is 1. The molecule has 2 aliphatic heterocycles. The molecule has 2 aliphatic rings. The molecular formula is C23H23N5O3. The Bertz CT molecular complexity index is 1340. The van der Waals surface area contributed by atoms with E-state index in [4.69, 9.17) is 0 Å². The second-order valence-corrected chi connectivity index (χ2v) is 9.53. The highest BCUT2D eigenvalue weighted by atomic mass is 16.3. The molecule has 31 heavy (non-hydrogen) atoms. The third-order valence-electron chi connectivity index (χ3n) is 6.17. The third kappa shape index (κ3) is 2.76. The summed E-state index contributed by atoms with van der Waals surface area (Å²) in [5.74, 6) is -0.112. The summed E-state index contributed by atoms with van der Waals surface area (Å²) in [7, 11) is 0. The molecule has 5 rings (SSSR count). The predicted octanol–water partition coefficient (Wildman–Crippen LogP) is 3.03. The number of amides is 1. The first-order chi connectivity index (χ1) is 14.7. The molecule has 2 atom stereocenters. The smallest absolute Gasteiger partial charge is 0.336 e. The van der Waals surface area contributed by atoms with Gasteiger partial charge in [-0.15, -0.1) is 0 Å². The molecule has 1 aromatic carbocycles. The normalized spacial score (nSPS) is 19.6. The van der Waals surface area contributed by atoms with Crippen LogP contribution in [-0.4, -0.2) is 36.6 Å². The average molecular weight is 417 g/mol. The number of aromatic nitrogens is 3. The molecule has 1 saturated heterocycles. The number of nitrogens with zero attached hydrogens (tertiary/aromatic N) is 5. The van der Waals surface area contributed by atoms with E-state index in [-0.39, 0.29) is 35.0 Å². The van der Waals surface area contributed by atoms with Crippen LogP contribution in [0.5, 0.6) is 5.88 Å². The van der Waals surface area contributed by atoms with Crippen LogP contribution in [0.1, 0.15) is 57.0 Å². The van der Waals surface area contributed by atoms with Crippen molar-refractivity contribution >= 4 is 16.8 Å². The minimum atomic E-state index is -0.335. The van der Waals surface area contributed by atoms with Gasteiger partial charge in [0.25, 0.3) is 0 Å². The first-order valence-corrected chi connectivity index (χ1v) is 10.3. The van der Waals surface area contributed by atoms with Gasteiger partial charge in [0.2, 0.25) is 11.8 Å². The molecule has 0 radical (unpaired) electrons. The summed E-state index contributed by atoms with van der Waals surface area (Å²) < 4.78 is 2.90. The monoisotopic (exact) mass is 417 g/mol. The van der Waals surface area contributed by atoms with Crippen molar-refractivity contribution < 1.29 is 9.90 Å². The molecule has 1 unspecified atom stereocenters. The van der Waals surface area contributed by atoms with Gasteiger partial charge in [0.15, 0.2) is 0 Å². The number of fused-ring (bicyclic) bond motifs is 6. The van der Waals surface area contributed by atoms with Gasteiger partial charge in [-0.05, 0) is 36.1 Å². The molecule has 3 aromatic rings. The molecule has 1 amide bonds. The van der Waals surface area contributed by atoms with Crippen molar-refractivity contribution in [1.82, 2.24) is 19.0 Å². The minimum Gasteiger partial charge on any atom is -0.493 e. The topological polar surface area (TPSA) is 104 Å². The number of pyridine rings is 1. The van der Waals surface area contributed by atoms with Gasteiger partial charge < -0.3 is 10.0 Å². The maximum atomic E-state index is 13.4. The van der Waals surface area contributed by atoms with Gasteiger partial charge in [-0.2, -0.15) is 5.26 Å². The Morgan fingerprint density at radius 1 is 1.32 bits per heavy atom. The quantitative estimate of drug-likeness (QED) is 0.690. The number of nitriles is 1. The first-order valence-electron chi connectivity index (χ1n) is 10.3. The van der Waals surface area contributed by atoms with Crippen LogP contribution in [0.2, 0.25) is 0 Å². The lowest BCUT2D eigenvalue weighted by molar-refractivity contribution is -0.134. The summed E-state index contributed by atoms with van der Waals surface area (Å²) in [6, 6.07) is 8.43. The number of benzene rings is 1. The van der Waals surface area contributed by atoms with E-state index in [9.17, 15) is 20.0 Å². The summed E-state index contributed by atoms with van der Waals surface area (Å²) in [4.78, 5) is 32.3. The van der Waals surface area contributed by atoms with Gasteiger partial charge in [-0.1, -0.05) is 20.8 Å². The van der Waals surface area contributed by atoms with Crippen LogP contribution in [0.25, 0.3) is 16.6 Å². The van der Waals surface area contributed by atoms with Crippen molar-refractivity contribution in [3.63, 3.8) is 0 Å². The molecule has 2 aromatic heterocycles. The summed E-state index contributed by atoms with van der Waals surface area (Å²) in [6.07, 6.45) is 2.65. The van der Waals surface area contributed by atoms with E-state index in [0.29, 0.717) is 47.2 Å². The van der Waals surface area contributed by atoms with Gasteiger partial charge in [0, 0.05) is 24.5 Å². The molecule has 0 spiro atoms. The highest BCUT2D eigenvalue weighted by Gasteiger charge is 2.49. The van der Waals surface area contributed by atoms with E-state index in [0.717, 1.165) is 0 Å².